The summed E-state index contributed by atoms with van der Waals surface area (Å²) in [6.45, 7) is 0.529. The van der Waals surface area contributed by atoms with Gasteiger partial charge in [0.1, 0.15) is 0 Å². The van der Waals surface area contributed by atoms with Crippen molar-refractivity contribution in [1.82, 2.24) is 10.2 Å². The van der Waals surface area contributed by atoms with E-state index in [-0.39, 0.29) is 16.2 Å². The van der Waals surface area contributed by atoms with Gasteiger partial charge < -0.3 is 15.5 Å². The van der Waals surface area contributed by atoms with Crippen molar-refractivity contribution in [3.8, 4) is 0 Å². The summed E-state index contributed by atoms with van der Waals surface area (Å²) in [6.07, 6.45) is 1.02. The van der Waals surface area contributed by atoms with E-state index in [2.05, 4.69) is 15.5 Å². The standard InChI is InChI=1S/C14H19ClFN3OS/c1-19(2)14(6-7-21-9-14)8-17-13(20)18-11-5-3-4-10(15)12(11)16/h3-5H,6-9H2,1-2H3,(H2,17,18,20). The minimum absolute atomic E-state index is 0.00949. The van der Waals surface area contributed by atoms with Crippen LogP contribution in [-0.4, -0.2) is 48.6 Å². The van der Waals surface area contributed by atoms with Gasteiger partial charge in [-0.3, -0.25) is 0 Å². The maximum atomic E-state index is 13.7. The molecular weight excluding hydrogens is 313 g/mol. The molecule has 0 aromatic heterocycles. The van der Waals surface area contributed by atoms with Crippen LogP contribution in [0.5, 0.6) is 0 Å². The highest BCUT2D eigenvalue weighted by Gasteiger charge is 2.36. The zero-order valence-electron chi connectivity index (χ0n) is 12.1. The van der Waals surface area contributed by atoms with E-state index in [1.54, 1.807) is 6.07 Å². The molecule has 1 aromatic carbocycles. The van der Waals surface area contributed by atoms with E-state index < -0.39 is 11.8 Å². The number of urea groups is 1. The van der Waals surface area contributed by atoms with Gasteiger partial charge >= 0.3 is 6.03 Å². The van der Waals surface area contributed by atoms with Crippen molar-refractivity contribution in [2.45, 2.75) is 12.0 Å². The Hall–Kier alpha value is -0.980. The van der Waals surface area contributed by atoms with E-state index in [0.717, 1.165) is 17.9 Å². The number of hydrogen-bond donors (Lipinski definition) is 2. The van der Waals surface area contributed by atoms with Crippen LogP contribution in [0.3, 0.4) is 0 Å². The zero-order chi connectivity index (χ0) is 15.5. The number of likely N-dealkylation sites (N-methyl/N-ethyl adjacent to an activating group) is 1. The molecule has 1 aromatic rings. The van der Waals surface area contributed by atoms with Crippen molar-refractivity contribution in [2.24, 2.45) is 0 Å². The molecule has 1 saturated heterocycles. The molecule has 1 atom stereocenters. The molecule has 0 radical (unpaired) electrons. The summed E-state index contributed by atoms with van der Waals surface area (Å²) in [5, 5.41) is 5.31. The van der Waals surface area contributed by atoms with E-state index in [0.29, 0.717) is 6.54 Å². The van der Waals surface area contributed by atoms with Gasteiger partial charge in [-0.1, -0.05) is 17.7 Å². The molecule has 2 rings (SSSR count). The predicted molar refractivity (Wildman–Crippen MR) is 86.8 cm³/mol. The number of amides is 2. The summed E-state index contributed by atoms with van der Waals surface area (Å²) >= 11 is 7.56. The maximum absolute atomic E-state index is 13.7. The maximum Gasteiger partial charge on any atom is 0.319 e. The molecule has 0 aliphatic carbocycles. The zero-order valence-corrected chi connectivity index (χ0v) is 13.7. The molecule has 2 N–H and O–H groups in total. The number of rotatable bonds is 4. The van der Waals surface area contributed by atoms with Crippen LogP contribution in [0.4, 0.5) is 14.9 Å². The van der Waals surface area contributed by atoms with Crippen LogP contribution in [-0.2, 0) is 0 Å². The Morgan fingerprint density at radius 3 is 2.90 bits per heavy atom. The molecule has 21 heavy (non-hydrogen) atoms. The average Bonchev–Trinajstić information content (AvgIpc) is 2.92. The molecule has 1 aliphatic rings. The van der Waals surface area contributed by atoms with E-state index in [1.165, 1.54) is 12.1 Å². The quantitative estimate of drug-likeness (QED) is 0.891. The van der Waals surface area contributed by atoms with Crippen molar-refractivity contribution >= 4 is 35.1 Å². The molecule has 2 amide bonds. The van der Waals surface area contributed by atoms with Crippen molar-refractivity contribution in [3.05, 3.63) is 29.0 Å². The third kappa shape index (κ3) is 3.81. The Labute approximate surface area is 133 Å². The van der Waals surface area contributed by atoms with Gasteiger partial charge in [0.05, 0.1) is 10.7 Å². The number of carbonyl (C=O) groups is 1. The Balaban J connectivity index is 1.94. The van der Waals surface area contributed by atoms with E-state index >= 15 is 0 Å². The predicted octanol–water partition coefficient (Wildman–Crippen LogP) is 3.04. The summed E-state index contributed by atoms with van der Waals surface area (Å²) in [7, 11) is 4.03. The Kier molecular flexibility index (Phi) is 5.35. The first-order valence-corrected chi connectivity index (χ1v) is 8.22. The third-order valence-corrected chi connectivity index (χ3v) is 5.34. The van der Waals surface area contributed by atoms with E-state index in [1.807, 2.05) is 25.9 Å². The fourth-order valence-electron chi connectivity index (χ4n) is 2.26. The first kappa shape index (κ1) is 16.4. The number of hydrogen-bond acceptors (Lipinski definition) is 3. The lowest BCUT2D eigenvalue weighted by atomic mass is 9.97. The van der Waals surface area contributed by atoms with Crippen LogP contribution in [0.15, 0.2) is 18.2 Å². The number of carbonyl (C=O) groups excluding carboxylic acids is 1. The average molecular weight is 332 g/mol. The van der Waals surface area contributed by atoms with Gasteiger partial charge in [0, 0.05) is 17.8 Å². The number of thioether (sulfide) groups is 1. The lowest BCUT2D eigenvalue weighted by Gasteiger charge is -2.35. The number of nitrogens with zero attached hydrogens (tertiary/aromatic N) is 1. The summed E-state index contributed by atoms with van der Waals surface area (Å²) in [4.78, 5) is 14.1. The number of nitrogens with one attached hydrogen (secondary N) is 2. The summed E-state index contributed by atoms with van der Waals surface area (Å²) in [5.74, 6) is 1.45. The van der Waals surface area contributed by atoms with Crippen molar-refractivity contribution in [1.29, 1.82) is 0 Å². The van der Waals surface area contributed by atoms with Gasteiger partial charge in [-0.2, -0.15) is 11.8 Å². The molecule has 1 fully saturated rings. The van der Waals surface area contributed by atoms with Gasteiger partial charge in [-0.05, 0) is 38.4 Å². The highest BCUT2D eigenvalue weighted by atomic mass is 35.5. The SMILES string of the molecule is CN(C)C1(CNC(=O)Nc2cccc(Cl)c2F)CCSC1. The second-order valence-corrected chi connectivity index (χ2v) is 6.84. The molecular formula is C14H19ClFN3OS. The van der Waals surface area contributed by atoms with Gasteiger partial charge in [-0.15, -0.1) is 0 Å². The normalized spacial score (nSPS) is 21.6. The monoisotopic (exact) mass is 331 g/mol. The summed E-state index contributed by atoms with van der Waals surface area (Å²) in [6, 6.07) is 4.09. The third-order valence-electron chi connectivity index (χ3n) is 3.81. The van der Waals surface area contributed by atoms with Gasteiger partial charge in [-0.25, -0.2) is 9.18 Å². The fourth-order valence-corrected chi connectivity index (χ4v) is 3.99. The fraction of sp³-hybridized carbons (Fsp3) is 0.500. The smallest absolute Gasteiger partial charge is 0.319 e. The number of anilines is 1. The largest absolute Gasteiger partial charge is 0.336 e. The molecule has 1 unspecified atom stereocenters. The van der Waals surface area contributed by atoms with Crippen LogP contribution < -0.4 is 10.6 Å². The second kappa shape index (κ2) is 6.85. The number of halogens is 2. The van der Waals surface area contributed by atoms with Crippen molar-refractivity contribution in [2.75, 3.05) is 37.5 Å². The lowest BCUT2D eigenvalue weighted by molar-refractivity contribution is 0.176. The first-order chi connectivity index (χ1) is 9.94. The Morgan fingerprint density at radius 1 is 1.52 bits per heavy atom. The van der Waals surface area contributed by atoms with Gasteiger partial charge in [0.15, 0.2) is 5.82 Å². The molecule has 0 spiro atoms. The van der Waals surface area contributed by atoms with Gasteiger partial charge in [0.2, 0.25) is 0 Å². The van der Waals surface area contributed by atoms with Crippen molar-refractivity contribution in [3.63, 3.8) is 0 Å². The molecule has 116 valence electrons. The minimum Gasteiger partial charge on any atom is -0.336 e. The van der Waals surface area contributed by atoms with Crippen LogP contribution >= 0.6 is 23.4 Å². The highest BCUT2D eigenvalue weighted by molar-refractivity contribution is 7.99. The van der Waals surface area contributed by atoms with Crippen LogP contribution in [0.2, 0.25) is 5.02 Å². The molecule has 0 bridgehead atoms. The number of benzene rings is 1. The Morgan fingerprint density at radius 2 is 2.29 bits per heavy atom. The summed E-state index contributed by atoms with van der Waals surface area (Å²) < 4.78 is 13.7. The van der Waals surface area contributed by atoms with E-state index in [9.17, 15) is 9.18 Å². The lowest BCUT2D eigenvalue weighted by Crippen LogP contribution is -2.53. The first-order valence-electron chi connectivity index (χ1n) is 6.69. The summed E-state index contributed by atoms with van der Waals surface area (Å²) in [5.41, 5.74) is 0.0502. The van der Waals surface area contributed by atoms with Crippen LogP contribution in [0.25, 0.3) is 0 Å². The minimum atomic E-state index is -0.618. The van der Waals surface area contributed by atoms with Crippen molar-refractivity contribution < 1.29 is 9.18 Å². The molecule has 7 heteroatoms. The molecule has 0 saturated carbocycles. The molecule has 1 aliphatic heterocycles. The second-order valence-electron chi connectivity index (χ2n) is 5.33. The van der Waals surface area contributed by atoms with Gasteiger partial charge in [0.25, 0.3) is 0 Å². The molecule has 4 nitrogen and oxygen atoms in total. The molecule has 1 heterocycles. The van der Waals surface area contributed by atoms with Crippen LogP contribution in [0.1, 0.15) is 6.42 Å². The van der Waals surface area contributed by atoms with E-state index in [4.69, 9.17) is 11.6 Å². The topological polar surface area (TPSA) is 44.4 Å². The Bertz CT molecular complexity index is 521. The highest BCUT2D eigenvalue weighted by Crippen LogP contribution is 2.31. The van der Waals surface area contributed by atoms with Crippen LogP contribution in [0, 0.1) is 5.82 Å².